The van der Waals surface area contributed by atoms with E-state index in [-0.39, 0.29) is 0 Å². The lowest BCUT2D eigenvalue weighted by atomic mass is 9.80. The Kier molecular flexibility index (Phi) is 1.63. The van der Waals surface area contributed by atoms with Crippen LogP contribution in [0.15, 0.2) is 0 Å². The highest BCUT2D eigenvalue weighted by molar-refractivity contribution is 5.77. The van der Waals surface area contributed by atoms with Crippen LogP contribution in [0.5, 0.6) is 0 Å². The van der Waals surface area contributed by atoms with Crippen LogP contribution in [0.1, 0.15) is 32.1 Å². The van der Waals surface area contributed by atoms with Crippen molar-refractivity contribution in [2.24, 2.45) is 5.92 Å². The van der Waals surface area contributed by atoms with E-state index < -0.39 is 0 Å². The minimum absolute atomic E-state index is 0.367. The van der Waals surface area contributed by atoms with Crippen LogP contribution in [-0.4, -0.2) is 23.9 Å². The summed E-state index contributed by atoms with van der Waals surface area (Å²) < 4.78 is 0. The lowest BCUT2D eigenvalue weighted by Crippen LogP contribution is -2.45. The number of rotatable bonds is 0. The average Bonchev–Trinajstić information content (AvgIpc) is 2.01. The molecule has 2 atom stereocenters. The number of nitrogens with zero attached hydrogens (tertiary/aromatic N) is 1. The van der Waals surface area contributed by atoms with E-state index in [1.54, 1.807) is 0 Å². The summed E-state index contributed by atoms with van der Waals surface area (Å²) in [5.74, 6) is 1.09. The van der Waals surface area contributed by atoms with Gasteiger partial charge in [-0.25, -0.2) is 0 Å². The highest BCUT2D eigenvalue weighted by atomic mass is 16.2. The fraction of sp³-hybridized carbons (Fsp3) is 0.889. The summed E-state index contributed by atoms with van der Waals surface area (Å²) in [4.78, 5) is 13.3. The standard InChI is InChI=1S/C9H15NO/c1-10-8-4-2-3-7(5-8)6-9(10)11/h7-8H,2-6H2,1H3. The highest BCUT2D eigenvalue weighted by Gasteiger charge is 2.33. The maximum Gasteiger partial charge on any atom is 0.222 e. The molecule has 0 spiro atoms. The molecule has 2 bridgehead atoms. The number of amides is 1. The largest absolute Gasteiger partial charge is 0.343 e. The fourth-order valence-electron chi connectivity index (χ4n) is 2.39. The molecule has 2 nitrogen and oxygen atoms in total. The summed E-state index contributed by atoms with van der Waals surface area (Å²) in [5.41, 5.74) is 0. The Bertz CT molecular complexity index is 178. The molecular formula is C9H15NO. The Balaban J connectivity index is 2.11. The van der Waals surface area contributed by atoms with E-state index in [2.05, 4.69) is 0 Å². The molecule has 0 aromatic heterocycles. The lowest BCUT2D eigenvalue weighted by Gasteiger charge is -2.40. The quantitative estimate of drug-likeness (QED) is 0.515. The van der Waals surface area contributed by atoms with Gasteiger partial charge in [-0.1, -0.05) is 6.42 Å². The molecule has 0 aromatic carbocycles. The van der Waals surface area contributed by atoms with Crippen molar-refractivity contribution in [1.82, 2.24) is 4.90 Å². The average molecular weight is 153 g/mol. The van der Waals surface area contributed by atoms with Crippen LogP contribution in [0.25, 0.3) is 0 Å². The Hall–Kier alpha value is -0.530. The van der Waals surface area contributed by atoms with Crippen molar-refractivity contribution in [3.8, 4) is 0 Å². The van der Waals surface area contributed by atoms with Crippen molar-refractivity contribution in [3.63, 3.8) is 0 Å². The van der Waals surface area contributed by atoms with Crippen LogP contribution in [0.3, 0.4) is 0 Å². The number of piperidine rings is 1. The second-order valence-corrected chi connectivity index (χ2v) is 3.90. The summed E-state index contributed by atoms with van der Waals surface area (Å²) in [6.07, 6.45) is 5.93. The first-order valence-corrected chi connectivity index (χ1v) is 4.53. The van der Waals surface area contributed by atoms with Gasteiger partial charge in [0.05, 0.1) is 0 Å². The molecule has 2 rings (SSSR count). The second kappa shape index (κ2) is 2.50. The van der Waals surface area contributed by atoms with Crippen molar-refractivity contribution in [3.05, 3.63) is 0 Å². The zero-order valence-electron chi connectivity index (χ0n) is 7.05. The lowest BCUT2D eigenvalue weighted by molar-refractivity contribution is -0.138. The van der Waals surface area contributed by atoms with Crippen LogP contribution in [0.2, 0.25) is 0 Å². The molecule has 0 N–H and O–H groups in total. The molecule has 2 fully saturated rings. The maximum absolute atomic E-state index is 11.3. The molecule has 62 valence electrons. The minimum atomic E-state index is 0.367. The Labute approximate surface area is 67.6 Å². The first-order valence-electron chi connectivity index (χ1n) is 4.53. The van der Waals surface area contributed by atoms with E-state index in [1.165, 1.54) is 25.7 Å². The normalized spacial score (nSPS) is 37.5. The summed E-state index contributed by atoms with van der Waals surface area (Å²) in [7, 11) is 1.95. The number of hydrogen-bond donors (Lipinski definition) is 0. The predicted octanol–water partition coefficient (Wildman–Crippen LogP) is 1.41. The second-order valence-electron chi connectivity index (χ2n) is 3.90. The van der Waals surface area contributed by atoms with Gasteiger partial charge in [-0.3, -0.25) is 4.79 Å². The van der Waals surface area contributed by atoms with Gasteiger partial charge in [0, 0.05) is 19.5 Å². The van der Waals surface area contributed by atoms with Gasteiger partial charge in [0.25, 0.3) is 0 Å². The van der Waals surface area contributed by atoms with Crippen LogP contribution in [0, 0.1) is 5.92 Å². The molecule has 2 heteroatoms. The van der Waals surface area contributed by atoms with E-state index in [0.29, 0.717) is 11.9 Å². The van der Waals surface area contributed by atoms with Gasteiger partial charge in [-0.15, -0.1) is 0 Å². The van der Waals surface area contributed by atoms with Gasteiger partial charge in [0.15, 0.2) is 0 Å². The Morgan fingerprint density at radius 2 is 2.27 bits per heavy atom. The van der Waals surface area contributed by atoms with Gasteiger partial charge in [-0.05, 0) is 25.2 Å². The first kappa shape index (κ1) is 7.14. The van der Waals surface area contributed by atoms with E-state index >= 15 is 0 Å². The molecule has 1 saturated heterocycles. The SMILES string of the molecule is CN1C(=O)CC2CCCC1C2. The molecule has 1 amide bonds. The minimum Gasteiger partial charge on any atom is -0.343 e. The number of likely N-dealkylation sites (tertiary alicyclic amines) is 1. The molecule has 0 radical (unpaired) electrons. The molecule has 1 saturated carbocycles. The van der Waals surface area contributed by atoms with E-state index in [0.717, 1.165) is 12.3 Å². The third-order valence-electron chi connectivity index (χ3n) is 3.16. The molecule has 1 aliphatic carbocycles. The molecular weight excluding hydrogens is 138 g/mol. The maximum atomic E-state index is 11.3. The van der Waals surface area contributed by atoms with E-state index in [9.17, 15) is 4.79 Å². The van der Waals surface area contributed by atoms with Crippen LogP contribution < -0.4 is 0 Å². The van der Waals surface area contributed by atoms with E-state index in [4.69, 9.17) is 0 Å². The van der Waals surface area contributed by atoms with Crippen LogP contribution in [-0.2, 0) is 4.79 Å². The highest BCUT2D eigenvalue weighted by Crippen LogP contribution is 2.34. The third-order valence-corrected chi connectivity index (χ3v) is 3.16. The third kappa shape index (κ3) is 1.15. The van der Waals surface area contributed by atoms with Gasteiger partial charge >= 0.3 is 0 Å². The molecule has 1 heterocycles. The summed E-state index contributed by atoms with van der Waals surface area (Å²) in [6, 6.07) is 0.579. The van der Waals surface area contributed by atoms with Gasteiger partial charge in [0.1, 0.15) is 0 Å². The smallest absolute Gasteiger partial charge is 0.222 e. The number of hydrogen-bond acceptors (Lipinski definition) is 1. The van der Waals surface area contributed by atoms with Crippen LogP contribution in [0.4, 0.5) is 0 Å². The van der Waals surface area contributed by atoms with Crippen molar-refractivity contribution >= 4 is 5.91 Å². The Morgan fingerprint density at radius 1 is 1.45 bits per heavy atom. The topological polar surface area (TPSA) is 20.3 Å². The van der Waals surface area contributed by atoms with Crippen molar-refractivity contribution < 1.29 is 4.79 Å². The number of carbonyl (C=O) groups excluding carboxylic acids is 1. The number of carbonyl (C=O) groups is 1. The molecule has 11 heavy (non-hydrogen) atoms. The summed E-state index contributed by atoms with van der Waals surface area (Å²) in [5, 5.41) is 0. The monoisotopic (exact) mass is 153 g/mol. The van der Waals surface area contributed by atoms with Crippen molar-refractivity contribution in [2.75, 3.05) is 7.05 Å². The van der Waals surface area contributed by atoms with Crippen molar-refractivity contribution in [1.29, 1.82) is 0 Å². The Morgan fingerprint density at radius 3 is 3.09 bits per heavy atom. The fourth-order valence-corrected chi connectivity index (χ4v) is 2.39. The summed E-state index contributed by atoms with van der Waals surface area (Å²) >= 11 is 0. The number of fused-ring (bicyclic) bond motifs is 2. The molecule has 2 unspecified atom stereocenters. The van der Waals surface area contributed by atoms with Crippen LogP contribution >= 0.6 is 0 Å². The van der Waals surface area contributed by atoms with Gasteiger partial charge < -0.3 is 4.90 Å². The first-order chi connectivity index (χ1) is 5.27. The molecule has 0 aromatic rings. The van der Waals surface area contributed by atoms with Gasteiger partial charge in [0.2, 0.25) is 5.91 Å². The predicted molar refractivity (Wildman–Crippen MR) is 43.1 cm³/mol. The zero-order valence-corrected chi connectivity index (χ0v) is 7.05. The molecule has 1 aliphatic heterocycles. The zero-order chi connectivity index (χ0) is 7.84. The summed E-state index contributed by atoms with van der Waals surface area (Å²) in [6.45, 7) is 0. The van der Waals surface area contributed by atoms with Crippen molar-refractivity contribution in [2.45, 2.75) is 38.1 Å². The van der Waals surface area contributed by atoms with E-state index in [1.807, 2.05) is 11.9 Å². The van der Waals surface area contributed by atoms with Gasteiger partial charge in [-0.2, -0.15) is 0 Å². The molecule has 2 aliphatic rings.